The zero-order chi connectivity index (χ0) is 24.7. The molecule has 1 atom stereocenters. The van der Waals surface area contributed by atoms with E-state index in [1.54, 1.807) is 25.1 Å². The fourth-order valence-electron chi connectivity index (χ4n) is 3.39. The molecule has 34 heavy (non-hydrogen) atoms. The molecule has 3 rings (SSSR count). The molecule has 8 nitrogen and oxygen atoms in total. The fourth-order valence-corrected chi connectivity index (χ4v) is 3.39. The van der Waals surface area contributed by atoms with Crippen LogP contribution in [0.5, 0.6) is 17.2 Å². The van der Waals surface area contributed by atoms with E-state index in [4.69, 9.17) is 23.4 Å². The Kier molecular flexibility index (Phi) is 8.54. The highest BCUT2D eigenvalue weighted by molar-refractivity contribution is 5.73. The monoisotopic (exact) mass is 469 g/mol. The van der Waals surface area contributed by atoms with Gasteiger partial charge in [0.15, 0.2) is 6.10 Å². The molecule has 1 aromatic heterocycles. The van der Waals surface area contributed by atoms with Gasteiger partial charge in [-0.15, -0.1) is 0 Å². The molecule has 0 amide bonds. The number of nitrogens with zero attached hydrogens (tertiary/aromatic N) is 1. The summed E-state index contributed by atoms with van der Waals surface area (Å²) in [6, 6.07) is 12.9. The van der Waals surface area contributed by atoms with Crippen molar-refractivity contribution >= 4 is 5.97 Å². The standard InChI is InChI=1S/C26H31NO7/c1-6-31-24(26(28)29)13-19-9-12-21(14-23(19)30-5)32-15-22-17(4)34-25(27-22)18-7-10-20(11-8-18)33-16(2)3/h7-12,14,16,24H,6,13,15H2,1-5H3,(H,28,29)/t24-/m0/s1. The second-order valence-corrected chi connectivity index (χ2v) is 7.96. The quantitative estimate of drug-likeness (QED) is 0.393. The van der Waals surface area contributed by atoms with Gasteiger partial charge < -0.3 is 28.5 Å². The van der Waals surface area contributed by atoms with Crippen molar-refractivity contribution in [2.24, 2.45) is 0 Å². The minimum atomic E-state index is -1.01. The second kappa shape index (κ2) is 11.6. The molecule has 0 saturated heterocycles. The Morgan fingerprint density at radius 1 is 1.12 bits per heavy atom. The van der Waals surface area contributed by atoms with Crippen LogP contribution in [-0.4, -0.2) is 42.0 Å². The van der Waals surface area contributed by atoms with Gasteiger partial charge in [0.05, 0.1) is 13.2 Å². The van der Waals surface area contributed by atoms with Crippen LogP contribution in [0.1, 0.15) is 37.8 Å². The second-order valence-electron chi connectivity index (χ2n) is 7.96. The zero-order valence-electron chi connectivity index (χ0n) is 20.2. The highest BCUT2D eigenvalue weighted by Crippen LogP contribution is 2.28. The van der Waals surface area contributed by atoms with Gasteiger partial charge in [-0.25, -0.2) is 9.78 Å². The Morgan fingerprint density at radius 2 is 1.82 bits per heavy atom. The normalized spacial score (nSPS) is 11.9. The number of carboxylic acids is 1. The third-order valence-corrected chi connectivity index (χ3v) is 5.05. The van der Waals surface area contributed by atoms with Crippen LogP contribution in [0.25, 0.3) is 11.5 Å². The number of aryl methyl sites for hydroxylation is 1. The van der Waals surface area contributed by atoms with Gasteiger partial charge in [-0.3, -0.25) is 0 Å². The van der Waals surface area contributed by atoms with Crippen LogP contribution in [-0.2, 0) is 22.6 Å². The highest BCUT2D eigenvalue weighted by atomic mass is 16.5. The van der Waals surface area contributed by atoms with Gasteiger partial charge in [0.2, 0.25) is 5.89 Å². The molecule has 0 fully saturated rings. The number of carboxylic acid groups (broad SMARTS) is 1. The van der Waals surface area contributed by atoms with Crippen LogP contribution in [0.15, 0.2) is 46.9 Å². The number of carbonyl (C=O) groups is 1. The molecule has 0 aliphatic heterocycles. The van der Waals surface area contributed by atoms with Crippen molar-refractivity contribution in [3.8, 4) is 28.7 Å². The average Bonchev–Trinajstić information content (AvgIpc) is 3.18. The molecule has 0 radical (unpaired) electrons. The predicted molar refractivity (Wildman–Crippen MR) is 127 cm³/mol. The van der Waals surface area contributed by atoms with E-state index in [1.165, 1.54) is 7.11 Å². The summed E-state index contributed by atoms with van der Waals surface area (Å²) in [5.41, 5.74) is 2.25. The smallest absolute Gasteiger partial charge is 0.333 e. The number of methoxy groups -OCH3 is 1. The van der Waals surface area contributed by atoms with E-state index >= 15 is 0 Å². The first kappa shape index (κ1) is 25.1. The number of oxazole rings is 1. The Bertz CT molecular complexity index is 1090. The van der Waals surface area contributed by atoms with Crippen LogP contribution in [0.4, 0.5) is 0 Å². The summed E-state index contributed by atoms with van der Waals surface area (Å²) >= 11 is 0. The largest absolute Gasteiger partial charge is 0.496 e. The maximum Gasteiger partial charge on any atom is 0.333 e. The molecule has 0 unspecified atom stereocenters. The van der Waals surface area contributed by atoms with E-state index in [1.807, 2.05) is 45.0 Å². The van der Waals surface area contributed by atoms with E-state index in [0.717, 1.165) is 16.9 Å². The summed E-state index contributed by atoms with van der Waals surface area (Å²) in [4.78, 5) is 16.0. The van der Waals surface area contributed by atoms with Crippen molar-refractivity contribution in [3.05, 3.63) is 59.5 Å². The van der Waals surface area contributed by atoms with Crippen LogP contribution in [0.2, 0.25) is 0 Å². The number of hydrogen-bond acceptors (Lipinski definition) is 7. The molecule has 0 aliphatic carbocycles. The Balaban J connectivity index is 1.68. The minimum absolute atomic E-state index is 0.106. The molecule has 0 spiro atoms. The number of benzene rings is 2. The van der Waals surface area contributed by atoms with E-state index in [0.29, 0.717) is 35.5 Å². The van der Waals surface area contributed by atoms with Crippen molar-refractivity contribution in [2.75, 3.05) is 13.7 Å². The lowest BCUT2D eigenvalue weighted by molar-refractivity contribution is -0.149. The lowest BCUT2D eigenvalue weighted by Crippen LogP contribution is -2.26. The molecule has 182 valence electrons. The lowest BCUT2D eigenvalue weighted by atomic mass is 10.1. The topological polar surface area (TPSA) is 100 Å². The minimum Gasteiger partial charge on any atom is -0.496 e. The number of rotatable bonds is 12. The lowest BCUT2D eigenvalue weighted by Gasteiger charge is -2.15. The maximum atomic E-state index is 11.4. The van der Waals surface area contributed by atoms with Crippen molar-refractivity contribution in [2.45, 2.75) is 52.9 Å². The molecule has 1 heterocycles. The summed E-state index contributed by atoms with van der Waals surface area (Å²) in [6.45, 7) is 8.09. The third-order valence-electron chi connectivity index (χ3n) is 5.05. The van der Waals surface area contributed by atoms with Gasteiger partial charge in [0.1, 0.15) is 35.3 Å². The van der Waals surface area contributed by atoms with Crippen molar-refractivity contribution in [1.82, 2.24) is 4.98 Å². The number of aromatic nitrogens is 1. The van der Waals surface area contributed by atoms with Gasteiger partial charge in [0.25, 0.3) is 0 Å². The van der Waals surface area contributed by atoms with E-state index in [2.05, 4.69) is 4.98 Å². The third kappa shape index (κ3) is 6.51. The summed E-state index contributed by atoms with van der Waals surface area (Å²) in [6.07, 6.45) is -0.637. The average molecular weight is 470 g/mol. The molecule has 0 bridgehead atoms. The van der Waals surface area contributed by atoms with Crippen molar-refractivity contribution in [3.63, 3.8) is 0 Å². The van der Waals surface area contributed by atoms with E-state index < -0.39 is 12.1 Å². The van der Waals surface area contributed by atoms with Crippen LogP contribution in [0.3, 0.4) is 0 Å². The van der Waals surface area contributed by atoms with Crippen molar-refractivity contribution < 1.29 is 33.3 Å². The Labute approximate surface area is 199 Å². The summed E-state index contributed by atoms with van der Waals surface area (Å²) in [5, 5.41) is 9.34. The van der Waals surface area contributed by atoms with Crippen LogP contribution in [0, 0.1) is 6.92 Å². The fraction of sp³-hybridized carbons (Fsp3) is 0.385. The molecular weight excluding hydrogens is 438 g/mol. The van der Waals surface area contributed by atoms with Crippen molar-refractivity contribution in [1.29, 1.82) is 0 Å². The number of hydrogen-bond donors (Lipinski definition) is 1. The van der Waals surface area contributed by atoms with E-state index in [9.17, 15) is 9.90 Å². The predicted octanol–water partition coefficient (Wildman–Crippen LogP) is 5.06. The van der Waals surface area contributed by atoms with Gasteiger partial charge in [-0.1, -0.05) is 6.07 Å². The molecule has 0 aliphatic rings. The first-order chi connectivity index (χ1) is 16.3. The Morgan fingerprint density at radius 3 is 2.44 bits per heavy atom. The zero-order valence-corrected chi connectivity index (χ0v) is 20.2. The SMILES string of the molecule is CCO[C@@H](Cc1ccc(OCc2nc(-c3ccc(OC(C)C)cc3)oc2C)cc1OC)C(=O)O. The molecule has 1 N–H and O–H groups in total. The summed E-state index contributed by atoms with van der Waals surface area (Å²) in [7, 11) is 1.53. The molecule has 2 aromatic carbocycles. The summed E-state index contributed by atoms with van der Waals surface area (Å²) < 4.78 is 28.2. The van der Waals surface area contributed by atoms with Crippen LogP contribution >= 0.6 is 0 Å². The molecule has 8 heteroatoms. The first-order valence-electron chi connectivity index (χ1n) is 11.2. The van der Waals surface area contributed by atoms with Gasteiger partial charge in [0, 0.05) is 24.7 Å². The first-order valence-corrected chi connectivity index (χ1v) is 11.2. The van der Waals surface area contributed by atoms with Gasteiger partial charge >= 0.3 is 5.97 Å². The molecule has 0 saturated carbocycles. The molecule has 3 aromatic rings. The number of ether oxygens (including phenoxy) is 4. The number of aliphatic carboxylic acids is 1. The van der Waals surface area contributed by atoms with E-state index in [-0.39, 0.29) is 19.1 Å². The maximum absolute atomic E-state index is 11.4. The molecular formula is C26H31NO7. The highest BCUT2D eigenvalue weighted by Gasteiger charge is 2.20. The summed E-state index contributed by atoms with van der Waals surface area (Å²) in [5.74, 6) is 2.06. The van der Waals surface area contributed by atoms with Crippen LogP contribution < -0.4 is 14.2 Å². The van der Waals surface area contributed by atoms with Gasteiger partial charge in [-0.2, -0.15) is 0 Å². The van der Waals surface area contributed by atoms with Gasteiger partial charge in [-0.05, 0) is 63.6 Å². The Hall–Kier alpha value is -3.52.